The highest BCUT2D eigenvalue weighted by atomic mass is 31.1. The maximum Gasteiger partial charge on any atom is 0.0630 e. The van der Waals surface area contributed by atoms with Gasteiger partial charge in [-0.15, -0.1) is 0 Å². The van der Waals surface area contributed by atoms with Crippen LogP contribution in [0.3, 0.4) is 0 Å². The van der Waals surface area contributed by atoms with Crippen molar-refractivity contribution < 1.29 is 0 Å². The van der Waals surface area contributed by atoms with Crippen LogP contribution in [0.5, 0.6) is 0 Å². The molecular formula is C39H30NP. The summed E-state index contributed by atoms with van der Waals surface area (Å²) in [5, 5.41) is 4.25. The van der Waals surface area contributed by atoms with Gasteiger partial charge in [0.2, 0.25) is 0 Å². The molecular weight excluding hydrogens is 513 g/mol. The topological polar surface area (TPSA) is 3.24 Å². The molecule has 1 aliphatic carbocycles. The van der Waals surface area contributed by atoms with Gasteiger partial charge >= 0.3 is 0 Å². The van der Waals surface area contributed by atoms with Crippen molar-refractivity contribution in [3.8, 4) is 22.3 Å². The van der Waals surface area contributed by atoms with Crippen molar-refractivity contribution in [1.82, 2.24) is 0 Å². The van der Waals surface area contributed by atoms with Gasteiger partial charge < -0.3 is 4.90 Å². The Morgan fingerprint density at radius 1 is 0.561 bits per heavy atom. The number of anilines is 3. The number of nitrogens with zero attached hydrogens (tertiary/aromatic N) is 1. The third-order valence-electron chi connectivity index (χ3n) is 8.74. The SMILES string of the molecule is CC1(C)c2ccccc2-c2c1cc(-c1ccccc1)c1c2P(c2ccccc2)c2ccccc2N1c1ccccc1. The van der Waals surface area contributed by atoms with E-state index >= 15 is 0 Å². The second-order valence-electron chi connectivity index (χ2n) is 11.4. The van der Waals surface area contributed by atoms with Crippen molar-refractivity contribution in [2.24, 2.45) is 0 Å². The molecule has 0 aromatic heterocycles. The van der Waals surface area contributed by atoms with Crippen LogP contribution in [0.1, 0.15) is 25.0 Å². The smallest absolute Gasteiger partial charge is 0.0630 e. The van der Waals surface area contributed by atoms with Crippen LogP contribution in [0.15, 0.2) is 146 Å². The summed E-state index contributed by atoms with van der Waals surface area (Å²) in [4.78, 5) is 2.53. The van der Waals surface area contributed by atoms with Gasteiger partial charge in [0.25, 0.3) is 0 Å². The molecule has 8 rings (SSSR count). The second-order valence-corrected chi connectivity index (χ2v) is 13.5. The molecule has 1 nitrogen and oxygen atoms in total. The van der Waals surface area contributed by atoms with Gasteiger partial charge in [0, 0.05) is 27.3 Å². The lowest BCUT2D eigenvalue weighted by molar-refractivity contribution is 0.661. The molecule has 6 aromatic carbocycles. The molecule has 1 aliphatic heterocycles. The van der Waals surface area contributed by atoms with E-state index in [0.29, 0.717) is 0 Å². The first-order valence-corrected chi connectivity index (χ1v) is 15.6. The summed E-state index contributed by atoms with van der Waals surface area (Å²) in [6.07, 6.45) is 0. The summed E-state index contributed by atoms with van der Waals surface area (Å²) in [5.41, 5.74) is 11.8. The van der Waals surface area contributed by atoms with Gasteiger partial charge in [0.1, 0.15) is 0 Å². The first-order valence-electron chi connectivity index (χ1n) is 14.3. The maximum atomic E-state index is 2.53. The molecule has 0 bridgehead atoms. The fraction of sp³-hybridized carbons (Fsp3) is 0.0769. The van der Waals surface area contributed by atoms with Gasteiger partial charge in [-0.05, 0) is 65.3 Å². The number of benzene rings is 6. The monoisotopic (exact) mass is 543 g/mol. The molecule has 0 fully saturated rings. The molecule has 1 heterocycles. The zero-order chi connectivity index (χ0) is 27.6. The van der Waals surface area contributed by atoms with Crippen molar-refractivity contribution in [3.63, 3.8) is 0 Å². The first kappa shape index (κ1) is 24.4. The van der Waals surface area contributed by atoms with Crippen LogP contribution in [-0.2, 0) is 5.41 Å². The molecule has 0 radical (unpaired) electrons. The van der Waals surface area contributed by atoms with E-state index in [0.717, 1.165) is 0 Å². The number of hydrogen-bond donors (Lipinski definition) is 0. The van der Waals surface area contributed by atoms with Gasteiger partial charge in [0.05, 0.1) is 11.4 Å². The van der Waals surface area contributed by atoms with Gasteiger partial charge in [-0.3, -0.25) is 0 Å². The van der Waals surface area contributed by atoms with E-state index in [1.165, 1.54) is 66.4 Å². The molecule has 2 aliphatic rings. The van der Waals surface area contributed by atoms with Gasteiger partial charge in [0.15, 0.2) is 0 Å². The summed E-state index contributed by atoms with van der Waals surface area (Å²) in [6.45, 7) is 4.80. The van der Waals surface area contributed by atoms with Crippen LogP contribution in [0.4, 0.5) is 17.1 Å². The van der Waals surface area contributed by atoms with Crippen LogP contribution in [0, 0.1) is 0 Å². The van der Waals surface area contributed by atoms with Gasteiger partial charge in [-0.1, -0.05) is 135 Å². The highest BCUT2D eigenvalue weighted by molar-refractivity contribution is 7.80. The highest BCUT2D eigenvalue weighted by Crippen LogP contribution is 2.59. The molecule has 1 unspecified atom stereocenters. The fourth-order valence-corrected chi connectivity index (χ4v) is 9.65. The Balaban J connectivity index is 1.60. The van der Waals surface area contributed by atoms with Crippen molar-refractivity contribution >= 4 is 40.9 Å². The predicted octanol–water partition coefficient (Wildman–Crippen LogP) is 9.20. The average molecular weight is 544 g/mol. The van der Waals surface area contributed by atoms with Crippen LogP contribution in [0.25, 0.3) is 22.3 Å². The van der Waals surface area contributed by atoms with Crippen molar-refractivity contribution in [2.45, 2.75) is 19.3 Å². The van der Waals surface area contributed by atoms with E-state index < -0.39 is 7.92 Å². The molecule has 1 atom stereocenters. The molecule has 0 N–H and O–H groups in total. The van der Waals surface area contributed by atoms with Crippen LogP contribution in [0.2, 0.25) is 0 Å². The molecule has 41 heavy (non-hydrogen) atoms. The standard InChI is InChI=1S/C39H30NP/c1-39(2)32-23-13-12-22-30(32)36-33(39)26-31(27-16-6-3-7-17-27)37-38(36)41(29-20-10-5-11-21-29)35-25-15-14-24-34(35)40(37)28-18-8-4-9-19-28/h3-26H,1-2H3. The Bertz CT molecular complexity index is 1910. The minimum absolute atomic E-state index is 0.100. The zero-order valence-corrected chi connectivity index (χ0v) is 24.1. The van der Waals surface area contributed by atoms with E-state index in [4.69, 9.17) is 0 Å². The Kier molecular flexibility index (Phi) is 5.52. The zero-order valence-electron chi connectivity index (χ0n) is 23.3. The summed E-state index contributed by atoms with van der Waals surface area (Å²) >= 11 is 0. The molecule has 0 spiro atoms. The summed E-state index contributed by atoms with van der Waals surface area (Å²) < 4.78 is 0. The maximum absolute atomic E-state index is 2.53. The third-order valence-corrected chi connectivity index (χ3v) is 11.3. The molecule has 196 valence electrons. The van der Waals surface area contributed by atoms with E-state index in [-0.39, 0.29) is 5.41 Å². The molecule has 0 saturated heterocycles. The Morgan fingerprint density at radius 2 is 1.17 bits per heavy atom. The van der Waals surface area contributed by atoms with E-state index in [2.05, 4.69) is 164 Å². The minimum atomic E-state index is -0.832. The summed E-state index contributed by atoms with van der Waals surface area (Å²) in [6, 6.07) is 53.7. The Labute approximate surface area is 243 Å². The highest BCUT2D eigenvalue weighted by Gasteiger charge is 2.44. The molecule has 0 amide bonds. The second kappa shape index (κ2) is 9.30. The van der Waals surface area contributed by atoms with Crippen molar-refractivity contribution in [3.05, 3.63) is 157 Å². The van der Waals surface area contributed by atoms with Crippen LogP contribution in [-0.4, -0.2) is 0 Å². The van der Waals surface area contributed by atoms with Gasteiger partial charge in [-0.2, -0.15) is 0 Å². The molecule has 2 heteroatoms. The number of rotatable bonds is 3. The van der Waals surface area contributed by atoms with Crippen molar-refractivity contribution in [1.29, 1.82) is 0 Å². The predicted molar refractivity (Wildman–Crippen MR) is 176 cm³/mol. The third kappa shape index (κ3) is 3.59. The first-order chi connectivity index (χ1) is 20.1. The number of fused-ring (bicyclic) bond motifs is 6. The fourth-order valence-electron chi connectivity index (χ4n) is 6.87. The summed E-state index contributed by atoms with van der Waals surface area (Å²) in [5.74, 6) is 0. The van der Waals surface area contributed by atoms with E-state index in [9.17, 15) is 0 Å². The van der Waals surface area contributed by atoms with Crippen LogP contribution < -0.4 is 20.8 Å². The largest absolute Gasteiger partial charge is 0.309 e. The lowest BCUT2D eigenvalue weighted by Gasteiger charge is -2.41. The van der Waals surface area contributed by atoms with Crippen molar-refractivity contribution in [2.75, 3.05) is 4.90 Å². The lowest BCUT2D eigenvalue weighted by atomic mass is 9.81. The quantitative estimate of drug-likeness (QED) is 0.201. The van der Waals surface area contributed by atoms with E-state index in [1.54, 1.807) is 0 Å². The Hall–Kier alpha value is -4.45. The van der Waals surface area contributed by atoms with Crippen LogP contribution >= 0.6 is 7.92 Å². The summed E-state index contributed by atoms with van der Waals surface area (Å²) in [7, 11) is -0.832. The Morgan fingerprint density at radius 3 is 1.93 bits per heavy atom. The number of hydrogen-bond acceptors (Lipinski definition) is 1. The molecule has 6 aromatic rings. The molecule has 0 saturated carbocycles. The average Bonchev–Trinajstić information content (AvgIpc) is 3.27. The minimum Gasteiger partial charge on any atom is -0.309 e. The lowest BCUT2D eigenvalue weighted by Crippen LogP contribution is -2.36. The normalized spacial score (nSPS) is 16.0. The van der Waals surface area contributed by atoms with E-state index in [1.807, 2.05) is 0 Å². The van der Waals surface area contributed by atoms with Gasteiger partial charge in [-0.25, -0.2) is 0 Å². The number of para-hydroxylation sites is 2.